The van der Waals surface area contributed by atoms with Gasteiger partial charge in [0.1, 0.15) is 5.76 Å². The molecule has 0 aliphatic carbocycles. The SMILES string of the molecule is COCCN1CC[C@H]2CN(Cc3ccco3)C[C@@H]2C1=O. The zero-order valence-corrected chi connectivity index (χ0v) is 12.0. The summed E-state index contributed by atoms with van der Waals surface area (Å²) in [6.07, 6.45) is 2.81. The van der Waals surface area contributed by atoms with Crippen molar-refractivity contribution in [3.8, 4) is 0 Å². The lowest BCUT2D eigenvalue weighted by atomic mass is 9.88. The Balaban J connectivity index is 1.58. The predicted octanol–water partition coefficient (Wildman–Crippen LogP) is 1.21. The number of amides is 1. The summed E-state index contributed by atoms with van der Waals surface area (Å²) < 4.78 is 10.5. The van der Waals surface area contributed by atoms with E-state index in [1.807, 2.05) is 17.0 Å². The minimum absolute atomic E-state index is 0.163. The average Bonchev–Trinajstić information content (AvgIpc) is 3.08. The summed E-state index contributed by atoms with van der Waals surface area (Å²) in [4.78, 5) is 16.8. The standard InChI is InChI=1S/C15H22N2O3/c1-19-8-6-17-5-4-12-9-16(11-14(12)15(17)18)10-13-3-2-7-20-13/h2-3,7,12,14H,4-6,8-11H2,1H3/t12-,14-/m0/s1. The van der Waals surface area contributed by atoms with Crippen LogP contribution in [0.2, 0.25) is 0 Å². The predicted molar refractivity (Wildman–Crippen MR) is 74.0 cm³/mol. The van der Waals surface area contributed by atoms with Gasteiger partial charge in [-0.3, -0.25) is 9.69 Å². The molecule has 0 radical (unpaired) electrons. The summed E-state index contributed by atoms with van der Waals surface area (Å²) in [5, 5.41) is 0. The third-order valence-electron chi connectivity index (χ3n) is 4.44. The highest BCUT2D eigenvalue weighted by Gasteiger charge is 2.42. The Kier molecular flexibility index (Phi) is 4.08. The van der Waals surface area contributed by atoms with Crippen LogP contribution in [0.1, 0.15) is 12.2 Å². The van der Waals surface area contributed by atoms with E-state index in [4.69, 9.17) is 9.15 Å². The fourth-order valence-corrected chi connectivity index (χ4v) is 3.37. The third-order valence-corrected chi connectivity index (χ3v) is 4.44. The molecule has 0 saturated carbocycles. The molecule has 3 rings (SSSR count). The molecule has 1 aromatic rings. The zero-order chi connectivity index (χ0) is 13.9. The van der Waals surface area contributed by atoms with Gasteiger partial charge in [0.15, 0.2) is 0 Å². The van der Waals surface area contributed by atoms with Gasteiger partial charge in [0, 0.05) is 33.3 Å². The Morgan fingerprint density at radius 2 is 2.35 bits per heavy atom. The van der Waals surface area contributed by atoms with Crippen LogP contribution in [0, 0.1) is 11.8 Å². The Hall–Kier alpha value is -1.33. The number of methoxy groups -OCH3 is 1. The van der Waals surface area contributed by atoms with Crippen LogP contribution in [0.15, 0.2) is 22.8 Å². The summed E-state index contributed by atoms with van der Waals surface area (Å²) in [6.45, 7) is 4.89. The molecule has 5 nitrogen and oxygen atoms in total. The first kappa shape index (κ1) is 13.6. The number of hydrogen-bond acceptors (Lipinski definition) is 4. The van der Waals surface area contributed by atoms with Crippen LogP contribution in [-0.4, -0.2) is 55.6 Å². The number of ether oxygens (including phenoxy) is 1. The first-order chi connectivity index (χ1) is 9.78. The molecule has 2 aliphatic rings. The summed E-state index contributed by atoms with van der Waals surface area (Å²) >= 11 is 0. The summed E-state index contributed by atoms with van der Waals surface area (Å²) in [7, 11) is 1.68. The van der Waals surface area contributed by atoms with Crippen molar-refractivity contribution in [3.05, 3.63) is 24.2 Å². The topological polar surface area (TPSA) is 45.9 Å². The van der Waals surface area contributed by atoms with Gasteiger partial charge in [-0.15, -0.1) is 0 Å². The molecule has 1 amide bonds. The molecular formula is C15H22N2O3. The van der Waals surface area contributed by atoms with Crippen LogP contribution in [-0.2, 0) is 16.1 Å². The van der Waals surface area contributed by atoms with Crippen molar-refractivity contribution in [1.29, 1.82) is 0 Å². The highest BCUT2D eigenvalue weighted by Crippen LogP contribution is 2.32. The molecule has 0 aromatic carbocycles. The van der Waals surface area contributed by atoms with Gasteiger partial charge in [-0.1, -0.05) is 0 Å². The lowest BCUT2D eigenvalue weighted by Gasteiger charge is -2.33. The van der Waals surface area contributed by atoms with E-state index >= 15 is 0 Å². The minimum atomic E-state index is 0.163. The van der Waals surface area contributed by atoms with Crippen molar-refractivity contribution in [3.63, 3.8) is 0 Å². The van der Waals surface area contributed by atoms with E-state index in [9.17, 15) is 4.79 Å². The zero-order valence-electron chi connectivity index (χ0n) is 12.0. The lowest BCUT2D eigenvalue weighted by Crippen LogP contribution is -2.46. The van der Waals surface area contributed by atoms with E-state index in [-0.39, 0.29) is 5.92 Å². The van der Waals surface area contributed by atoms with Crippen LogP contribution >= 0.6 is 0 Å². The van der Waals surface area contributed by atoms with Crippen LogP contribution < -0.4 is 0 Å². The third kappa shape index (κ3) is 2.74. The summed E-state index contributed by atoms with van der Waals surface area (Å²) in [6, 6.07) is 3.91. The number of piperidine rings is 1. The number of hydrogen-bond donors (Lipinski definition) is 0. The number of fused-ring (bicyclic) bond motifs is 1. The second-order valence-electron chi connectivity index (χ2n) is 5.75. The fraction of sp³-hybridized carbons (Fsp3) is 0.667. The molecule has 3 heterocycles. The molecule has 0 unspecified atom stereocenters. The Bertz CT molecular complexity index is 446. The van der Waals surface area contributed by atoms with Gasteiger partial charge in [-0.2, -0.15) is 0 Å². The van der Waals surface area contributed by atoms with Gasteiger partial charge in [0.2, 0.25) is 5.91 Å². The molecule has 2 aliphatic heterocycles. The van der Waals surface area contributed by atoms with Gasteiger partial charge in [-0.25, -0.2) is 0 Å². The number of furan rings is 1. The fourth-order valence-electron chi connectivity index (χ4n) is 3.37. The normalized spacial score (nSPS) is 27.1. The van der Waals surface area contributed by atoms with Crippen molar-refractivity contribution >= 4 is 5.91 Å². The number of carbonyl (C=O) groups excluding carboxylic acids is 1. The molecule has 5 heteroatoms. The Labute approximate surface area is 119 Å². The summed E-state index contributed by atoms with van der Waals surface area (Å²) in [5.41, 5.74) is 0. The van der Waals surface area contributed by atoms with Crippen molar-refractivity contribution in [2.24, 2.45) is 11.8 Å². The number of rotatable bonds is 5. The quantitative estimate of drug-likeness (QED) is 0.812. The van der Waals surface area contributed by atoms with Crippen molar-refractivity contribution < 1.29 is 13.9 Å². The molecule has 0 spiro atoms. The second-order valence-corrected chi connectivity index (χ2v) is 5.75. The molecule has 2 fully saturated rings. The maximum atomic E-state index is 12.5. The molecule has 110 valence electrons. The van der Waals surface area contributed by atoms with Gasteiger partial charge < -0.3 is 14.1 Å². The first-order valence-electron chi connectivity index (χ1n) is 7.30. The van der Waals surface area contributed by atoms with E-state index in [0.29, 0.717) is 18.4 Å². The van der Waals surface area contributed by atoms with Gasteiger partial charge >= 0.3 is 0 Å². The smallest absolute Gasteiger partial charge is 0.227 e. The molecule has 0 bridgehead atoms. The molecule has 0 N–H and O–H groups in total. The van der Waals surface area contributed by atoms with Gasteiger partial charge in [0.25, 0.3) is 0 Å². The molecule has 20 heavy (non-hydrogen) atoms. The van der Waals surface area contributed by atoms with E-state index in [2.05, 4.69) is 4.90 Å². The molecule has 2 atom stereocenters. The van der Waals surface area contributed by atoms with E-state index in [1.54, 1.807) is 13.4 Å². The van der Waals surface area contributed by atoms with Crippen molar-refractivity contribution in [2.45, 2.75) is 13.0 Å². The number of likely N-dealkylation sites (tertiary alicyclic amines) is 2. The number of carbonyl (C=O) groups is 1. The maximum absolute atomic E-state index is 12.5. The van der Waals surface area contributed by atoms with Gasteiger partial charge in [0.05, 0.1) is 25.3 Å². The van der Waals surface area contributed by atoms with E-state index in [1.165, 1.54) is 0 Å². The molecule has 2 saturated heterocycles. The summed E-state index contributed by atoms with van der Waals surface area (Å²) in [5.74, 6) is 1.96. The Morgan fingerprint density at radius 3 is 3.10 bits per heavy atom. The van der Waals surface area contributed by atoms with Crippen molar-refractivity contribution in [1.82, 2.24) is 9.80 Å². The molecular weight excluding hydrogens is 256 g/mol. The lowest BCUT2D eigenvalue weighted by molar-refractivity contribution is -0.140. The average molecular weight is 278 g/mol. The Morgan fingerprint density at radius 1 is 1.45 bits per heavy atom. The van der Waals surface area contributed by atoms with Crippen LogP contribution in [0.4, 0.5) is 0 Å². The monoisotopic (exact) mass is 278 g/mol. The van der Waals surface area contributed by atoms with Crippen LogP contribution in [0.3, 0.4) is 0 Å². The van der Waals surface area contributed by atoms with Crippen molar-refractivity contribution in [2.75, 3.05) is 39.9 Å². The van der Waals surface area contributed by atoms with Crippen LogP contribution in [0.25, 0.3) is 0 Å². The maximum Gasteiger partial charge on any atom is 0.227 e. The van der Waals surface area contributed by atoms with Gasteiger partial charge in [-0.05, 0) is 24.5 Å². The highest BCUT2D eigenvalue weighted by molar-refractivity contribution is 5.80. The van der Waals surface area contributed by atoms with E-state index in [0.717, 1.165) is 44.9 Å². The second kappa shape index (κ2) is 5.97. The number of nitrogens with zero attached hydrogens (tertiary/aromatic N) is 2. The van der Waals surface area contributed by atoms with Crippen LogP contribution in [0.5, 0.6) is 0 Å². The molecule has 1 aromatic heterocycles. The first-order valence-corrected chi connectivity index (χ1v) is 7.30. The van der Waals surface area contributed by atoms with E-state index < -0.39 is 0 Å². The largest absolute Gasteiger partial charge is 0.468 e. The minimum Gasteiger partial charge on any atom is -0.468 e. The highest BCUT2D eigenvalue weighted by atomic mass is 16.5.